The quantitative estimate of drug-likeness (QED) is 0.258. The van der Waals surface area contributed by atoms with Crippen LogP contribution in [-0.4, -0.2) is 35.4 Å². The van der Waals surface area contributed by atoms with Crippen LogP contribution in [0.4, 0.5) is 0 Å². The maximum Gasteiger partial charge on any atom is 0.191 e. The number of rotatable bonds is 8. The zero-order valence-electron chi connectivity index (χ0n) is 17.3. The smallest absolute Gasteiger partial charge is 0.191 e. The Morgan fingerprint density at radius 1 is 1.27 bits per heavy atom. The van der Waals surface area contributed by atoms with Crippen LogP contribution >= 0.6 is 24.0 Å². The first-order chi connectivity index (χ1) is 12.0. The molecule has 2 rings (SSSR count). The van der Waals surface area contributed by atoms with Crippen LogP contribution in [0.3, 0.4) is 0 Å². The predicted molar refractivity (Wildman–Crippen MR) is 122 cm³/mol. The Balaban J connectivity index is 0.00000338. The molecule has 5 nitrogen and oxygen atoms in total. The van der Waals surface area contributed by atoms with Gasteiger partial charge in [-0.05, 0) is 45.1 Å². The average molecular weight is 475 g/mol. The first-order valence-corrected chi connectivity index (χ1v) is 9.97. The molecule has 0 radical (unpaired) electrons. The fourth-order valence-electron chi connectivity index (χ4n) is 3.96. The van der Waals surface area contributed by atoms with Gasteiger partial charge in [0.15, 0.2) is 5.96 Å². The largest absolute Gasteiger partial charge is 0.356 e. The van der Waals surface area contributed by atoms with Crippen molar-refractivity contribution in [2.75, 3.05) is 13.6 Å². The van der Waals surface area contributed by atoms with Crippen LogP contribution in [0.2, 0.25) is 0 Å². The van der Waals surface area contributed by atoms with Crippen LogP contribution in [-0.2, 0) is 13.5 Å². The highest BCUT2D eigenvalue weighted by Gasteiger charge is 2.15. The van der Waals surface area contributed by atoms with Gasteiger partial charge in [0.25, 0.3) is 0 Å². The molecule has 1 aromatic rings. The molecule has 1 aliphatic rings. The molecule has 0 bridgehead atoms. The zero-order chi connectivity index (χ0) is 18.2. The Morgan fingerprint density at radius 2 is 1.96 bits per heavy atom. The number of hydrogen-bond donors (Lipinski definition) is 2. The number of guanidine groups is 1. The molecular formula is C20H38IN5. The summed E-state index contributed by atoms with van der Waals surface area (Å²) in [6, 6.07) is 0.325. The number of nitrogens with one attached hydrogen (secondary N) is 2. The zero-order valence-corrected chi connectivity index (χ0v) is 19.6. The molecule has 0 saturated heterocycles. The van der Waals surface area contributed by atoms with E-state index in [9.17, 15) is 0 Å². The lowest BCUT2D eigenvalue weighted by molar-refractivity contribution is 0.472. The molecule has 0 spiro atoms. The van der Waals surface area contributed by atoms with Crippen LogP contribution in [0.25, 0.3) is 0 Å². The first-order valence-electron chi connectivity index (χ1n) is 9.97. The summed E-state index contributed by atoms with van der Waals surface area (Å²) in [5.74, 6) is 1.91. The molecule has 6 heteroatoms. The molecule has 1 heterocycles. The van der Waals surface area contributed by atoms with Crippen molar-refractivity contribution in [3.63, 3.8) is 0 Å². The second kappa shape index (κ2) is 11.8. The maximum atomic E-state index is 4.51. The number of aromatic nitrogens is 2. The summed E-state index contributed by atoms with van der Waals surface area (Å²) in [4.78, 5) is 4.37. The average Bonchev–Trinajstić information content (AvgIpc) is 3.18. The summed E-state index contributed by atoms with van der Waals surface area (Å²) in [5, 5.41) is 11.5. The third-order valence-corrected chi connectivity index (χ3v) is 5.58. The van der Waals surface area contributed by atoms with Gasteiger partial charge in [0.05, 0.1) is 5.69 Å². The molecule has 26 heavy (non-hydrogen) atoms. The van der Waals surface area contributed by atoms with E-state index in [4.69, 9.17) is 0 Å². The minimum atomic E-state index is 0. The first kappa shape index (κ1) is 23.2. The Hall–Kier alpha value is -0.790. The SMILES string of the molecule is CN=C(NCCCCC1CCCC1)NC(C)Cc1c(C)nn(C)c1C.I. The fraction of sp³-hybridized carbons (Fsp3) is 0.800. The van der Waals surface area contributed by atoms with Crippen LogP contribution < -0.4 is 10.6 Å². The number of hydrogen-bond acceptors (Lipinski definition) is 2. The molecule has 0 amide bonds. The number of unbranched alkanes of at least 4 members (excludes halogenated alkanes) is 1. The minimum absolute atomic E-state index is 0. The molecule has 1 aliphatic carbocycles. The summed E-state index contributed by atoms with van der Waals surface area (Å²) in [7, 11) is 3.86. The van der Waals surface area contributed by atoms with Gasteiger partial charge in [0.1, 0.15) is 0 Å². The van der Waals surface area contributed by atoms with E-state index in [-0.39, 0.29) is 24.0 Å². The predicted octanol–water partition coefficient (Wildman–Crippen LogP) is 4.11. The molecule has 1 fully saturated rings. The van der Waals surface area contributed by atoms with Gasteiger partial charge in [-0.1, -0.05) is 38.5 Å². The monoisotopic (exact) mass is 475 g/mol. The van der Waals surface area contributed by atoms with E-state index in [2.05, 4.69) is 41.5 Å². The van der Waals surface area contributed by atoms with Crippen LogP contribution in [0.5, 0.6) is 0 Å². The standard InChI is InChI=1S/C20H37N5.HI/c1-15(14-19-16(2)24-25(5)17(19)3)23-20(21-4)22-13-9-8-12-18-10-6-7-11-18;/h15,18H,6-14H2,1-5H3,(H2,21,22,23);1H. The molecule has 1 aromatic heterocycles. The van der Waals surface area contributed by atoms with Gasteiger partial charge in [-0.25, -0.2) is 0 Å². The van der Waals surface area contributed by atoms with Crippen LogP contribution in [0, 0.1) is 19.8 Å². The van der Waals surface area contributed by atoms with Gasteiger partial charge in [-0.2, -0.15) is 5.10 Å². The van der Waals surface area contributed by atoms with Crippen molar-refractivity contribution in [2.45, 2.75) is 78.2 Å². The number of aryl methyl sites for hydroxylation is 2. The van der Waals surface area contributed by atoms with Crippen LogP contribution in [0.15, 0.2) is 4.99 Å². The van der Waals surface area contributed by atoms with Crippen molar-refractivity contribution < 1.29 is 0 Å². The molecule has 1 atom stereocenters. The molecule has 0 aromatic carbocycles. The lowest BCUT2D eigenvalue weighted by Crippen LogP contribution is -2.43. The van der Waals surface area contributed by atoms with Crippen molar-refractivity contribution in [1.82, 2.24) is 20.4 Å². The minimum Gasteiger partial charge on any atom is -0.356 e. The Kier molecular flexibility index (Phi) is 10.6. The molecule has 2 N–H and O–H groups in total. The third-order valence-electron chi connectivity index (χ3n) is 5.58. The van der Waals surface area contributed by atoms with Crippen molar-refractivity contribution >= 4 is 29.9 Å². The van der Waals surface area contributed by atoms with Gasteiger partial charge in [0, 0.05) is 32.4 Å². The van der Waals surface area contributed by atoms with Crippen molar-refractivity contribution in [3.8, 4) is 0 Å². The van der Waals surface area contributed by atoms with Gasteiger partial charge in [0.2, 0.25) is 0 Å². The van der Waals surface area contributed by atoms with E-state index in [1.54, 1.807) is 0 Å². The number of halogens is 1. The summed E-state index contributed by atoms with van der Waals surface area (Å²) in [6.07, 6.45) is 10.8. The van der Waals surface area contributed by atoms with Gasteiger partial charge in [-0.15, -0.1) is 24.0 Å². The van der Waals surface area contributed by atoms with E-state index < -0.39 is 0 Å². The normalized spacial score (nSPS) is 16.4. The molecule has 150 valence electrons. The summed E-state index contributed by atoms with van der Waals surface area (Å²) in [6.45, 7) is 7.44. The topological polar surface area (TPSA) is 54.2 Å². The molecule has 0 aliphatic heterocycles. The Morgan fingerprint density at radius 3 is 2.54 bits per heavy atom. The molecular weight excluding hydrogens is 437 g/mol. The molecule has 1 saturated carbocycles. The van der Waals surface area contributed by atoms with Crippen molar-refractivity contribution in [2.24, 2.45) is 18.0 Å². The molecule has 1 unspecified atom stereocenters. The number of nitrogens with zero attached hydrogens (tertiary/aromatic N) is 3. The lowest BCUT2D eigenvalue weighted by atomic mass is 10.0. The Bertz CT molecular complexity index is 561. The van der Waals surface area contributed by atoms with E-state index in [1.165, 1.54) is 56.2 Å². The summed E-state index contributed by atoms with van der Waals surface area (Å²) >= 11 is 0. The van der Waals surface area contributed by atoms with E-state index in [0.29, 0.717) is 6.04 Å². The third kappa shape index (κ3) is 7.08. The maximum absolute atomic E-state index is 4.51. The Labute approximate surface area is 176 Å². The second-order valence-corrected chi connectivity index (χ2v) is 7.67. The van der Waals surface area contributed by atoms with E-state index in [1.807, 2.05) is 18.8 Å². The van der Waals surface area contributed by atoms with Gasteiger partial charge >= 0.3 is 0 Å². The highest BCUT2D eigenvalue weighted by molar-refractivity contribution is 14.0. The highest BCUT2D eigenvalue weighted by Crippen LogP contribution is 2.28. The van der Waals surface area contributed by atoms with Gasteiger partial charge in [-0.3, -0.25) is 9.67 Å². The van der Waals surface area contributed by atoms with Crippen molar-refractivity contribution in [3.05, 3.63) is 17.0 Å². The summed E-state index contributed by atoms with van der Waals surface area (Å²) < 4.78 is 1.97. The number of aliphatic imine (C=N–C) groups is 1. The van der Waals surface area contributed by atoms with Crippen LogP contribution in [0.1, 0.15) is 68.8 Å². The summed E-state index contributed by atoms with van der Waals surface area (Å²) in [5.41, 5.74) is 3.72. The highest BCUT2D eigenvalue weighted by atomic mass is 127. The second-order valence-electron chi connectivity index (χ2n) is 7.67. The van der Waals surface area contributed by atoms with Gasteiger partial charge < -0.3 is 10.6 Å². The lowest BCUT2D eigenvalue weighted by Gasteiger charge is -2.18. The van der Waals surface area contributed by atoms with E-state index in [0.717, 1.165) is 30.5 Å². The fourth-order valence-corrected chi connectivity index (χ4v) is 3.96. The van der Waals surface area contributed by atoms with Crippen molar-refractivity contribution in [1.29, 1.82) is 0 Å². The van der Waals surface area contributed by atoms with E-state index >= 15 is 0 Å².